The van der Waals surface area contributed by atoms with E-state index in [1.807, 2.05) is 0 Å². The van der Waals surface area contributed by atoms with Gasteiger partial charge in [-0.1, -0.05) is 6.92 Å². The Morgan fingerprint density at radius 1 is 1.50 bits per heavy atom. The number of fused-ring (bicyclic) bond motifs is 1. The van der Waals surface area contributed by atoms with Crippen LogP contribution in [0.2, 0.25) is 0 Å². The average Bonchev–Trinajstić information content (AvgIpc) is 2.66. The van der Waals surface area contributed by atoms with E-state index in [2.05, 4.69) is 9.51 Å². The summed E-state index contributed by atoms with van der Waals surface area (Å²) < 4.78 is 28.0. The van der Waals surface area contributed by atoms with E-state index in [-0.39, 0.29) is 12.5 Å². The molecule has 0 amide bonds. The van der Waals surface area contributed by atoms with Crippen LogP contribution in [0.15, 0.2) is 21.9 Å². The fourth-order valence-corrected chi connectivity index (χ4v) is 3.51. The summed E-state index contributed by atoms with van der Waals surface area (Å²) in [4.78, 5) is 34.3. The molecule has 0 aromatic carbocycles. The highest BCUT2D eigenvalue weighted by Gasteiger charge is 2.51. The molecule has 110 valence electrons. The van der Waals surface area contributed by atoms with Gasteiger partial charge in [-0.25, -0.2) is 9.36 Å². The lowest BCUT2D eigenvalue weighted by Crippen LogP contribution is -2.36. The Labute approximate surface area is 112 Å². The quantitative estimate of drug-likeness (QED) is 0.676. The molecule has 2 saturated heterocycles. The van der Waals surface area contributed by atoms with Crippen LogP contribution in [-0.4, -0.2) is 33.3 Å². The smallest absolute Gasteiger partial charge is 0.349 e. The van der Waals surface area contributed by atoms with Gasteiger partial charge in [0.1, 0.15) is 18.4 Å². The van der Waals surface area contributed by atoms with Crippen LogP contribution < -0.4 is 11.2 Å². The summed E-state index contributed by atoms with van der Waals surface area (Å²) in [7, 11) is -4.06. The Morgan fingerprint density at radius 3 is 2.95 bits per heavy atom. The molecule has 0 bridgehead atoms. The Hall–Kier alpha value is -1.25. The van der Waals surface area contributed by atoms with Crippen molar-refractivity contribution < 1.29 is 23.2 Å². The predicted molar refractivity (Wildman–Crippen MR) is 65.0 cm³/mol. The number of rotatable bonds is 1. The number of hydrogen-bond acceptors (Lipinski definition) is 6. The molecule has 2 aliphatic heterocycles. The monoisotopic (exact) mass is 304 g/mol. The first-order chi connectivity index (χ1) is 9.37. The van der Waals surface area contributed by atoms with E-state index in [4.69, 9.17) is 9.26 Å². The zero-order valence-corrected chi connectivity index (χ0v) is 11.4. The van der Waals surface area contributed by atoms with Crippen LogP contribution >= 0.6 is 7.82 Å². The van der Waals surface area contributed by atoms with Crippen molar-refractivity contribution in [1.82, 2.24) is 9.55 Å². The number of nitrogens with one attached hydrogen (secondary N) is 1. The van der Waals surface area contributed by atoms with Gasteiger partial charge in [0.15, 0.2) is 0 Å². The van der Waals surface area contributed by atoms with Gasteiger partial charge in [0.25, 0.3) is 5.56 Å². The first kappa shape index (κ1) is 13.7. The van der Waals surface area contributed by atoms with E-state index in [0.29, 0.717) is 0 Å². The van der Waals surface area contributed by atoms with Crippen molar-refractivity contribution in [3.05, 3.63) is 33.1 Å². The second-order valence-electron chi connectivity index (χ2n) is 4.78. The summed E-state index contributed by atoms with van der Waals surface area (Å²) in [5.74, 6) is -0.354. The molecule has 20 heavy (non-hydrogen) atoms. The van der Waals surface area contributed by atoms with Crippen LogP contribution in [0.1, 0.15) is 13.2 Å². The molecule has 1 aromatic heterocycles. The van der Waals surface area contributed by atoms with Crippen molar-refractivity contribution in [3.8, 4) is 0 Å². The summed E-state index contributed by atoms with van der Waals surface area (Å²) in [6.45, 7) is 1.65. The lowest BCUT2D eigenvalue weighted by molar-refractivity contribution is -0.0681. The summed E-state index contributed by atoms with van der Waals surface area (Å²) in [6, 6.07) is 1.20. The molecule has 10 heteroatoms. The van der Waals surface area contributed by atoms with E-state index in [0.717, 1.165) is 0 Å². The van der Waals surface area contributed by atoms with Gasteiger partial charge in [-0.15, -0.1) is 0 Å². The molecule has 0 saturated carbocycles. The highest BCUT2D eigenvalue weighted by molar-refractivity contribution is 7.47. The van der Waals surface area contributed by atoms with Crippen LogP contribution in [0.3, 0.4) is 0 Å². The molecule has 3 rings (SSSR count). The summed E-state index contributed by atoms with van der Waals surface area (Å²) in [5.41, 5.74) is -1.12. The SMILES string of the molecule is C[C@H]1[C@@H]2OP(=O)(O)OC[C@H]2O[C@H]1n1ccc(=O)[nH]c1=O. The number of H-pyrrole nitrogens is 1. The van der Waals surface area contributed by atoms with Crippen LogP contribution in [0.25, 0.3) is 0 Å². The summed E-state index contributed by atoms with van der Waals surface area (Å²) in [6.07, 6.45) is -0.568. The fourth-order valence-electron chi connectivity index (χ4n) is 2.48. The molecular weight excluding hydrogens is 291 g/mol. The van der Waals surface area contributed by atoms with Crippen LogP contribution in [0, 0.1) is 5.92 Å². The number of phosphoric ester groups is 1. The van der Waals surface area contributed by atoms with E-state index in [1.165, 1.54) is 16.8 Å². The van der Waals surface area contributed by atoms with Gasteiger partial charge in [-0.3, -0.25) is 23.4 Å². The van der Waals surface area contributed by atoms with Crippen molar-refractivity contribution >= 4 is 7.82 Å². The van der Waals surface area contributed by atoms with Crippen LogP contribution in [-0.2, 0) is 18.3 Å². The molecular formula is C10H13N2O7P. The number of hydrogen-bond donors (Lipinski definition) is 2. The number of ether oxygens (including phenoxy) is 1. The number of aromatic nitrogens is 2. The highest BCUT2D eigenvalue weighted by Crippen LogP contribution is 2.53. The van der Waals surface area contributed by atoms with E-state index < -0.39 is 37.5 Å². The van der Waals surface area contributed by atoms with Gasteiger partial charge in [0.05, 0.1) is 6.61 Å². The number of aromatic amines is 1. The second kappa shape index (κ2) is 4.64. The summed E-state index contributed by atoms with van der Waals surface area (Å²) >= 11 is 0. The standard InChI is InChI=1S/C10H13N2O7P/c1-5-8-6(4-17-20(15,16)19-8)18-9(5)12-3-2-7(13)11-10(12)14/h2-3,5-6,8-9H,4H2,1H3,(H,15,16)(H,11,13,14)/t5-,6+,8-,9+/m0/s1. The van der Waals surface area contributed by atoms with Gasteiger partial charge in [0, 0.05) is 18.2 Å². The first-order valence-electron chi connectivity index (χ1n) is 6.00. The maximum atomic E-state index is 11.8. The fraction of sp³-hybridized carbons (Fsp3) is 0.600. The van der Waals surface area contributed by atoms with Gasteiger partial charge in [-0.05, 0) is 0 Å². The molecule has 5 atom stereocenters. The van der Waals surface area contributed by atoms with Crippen molar-refractivity contribution in [1.29, 1.82) is 0 Å². The third-order valence-electron chi connectivity index (χ3n) is 3.43. The predicted octanol–water partition coefficient (Wildman–Crippen LogP) is -0.414. The molecule has 9 nitrogen and oxygen atoms in total. The average molecular weight is 304 g/mol. The number of phosphoric acid groups is 1. The molecule has 0 radical (unpaired) electrons. The first-order valence-corrected chi connectivity index (χ1v) is 7.49. The molecule has 2 aliphatic rings. The molecule has 2 fully saturated rings. The molecule has 0 spiro atoms. The minimum Gasteiger partial charge on any atom is -0.349 e. The Balaban J connectivity index is 1.92. The zero-order chi connectivity index (χ0) is 14.5. The molecule has 0 aliphatic carbocycles. The lowest BCUT2D eigenvalue weighted by Gasteiger charge is -2.28. The molecule has 1 unspecified atom stereocenters. The van der Waals surface area contributed by atoms with E-state index in [1.54, 1.807) is 6.92 Å². The highest BCUT2D eigenvalue weighted by atomic mass is 31.2. The maximum absolute atomic E-state index is 11.8. The third kappa shape index (κ3) is 2.27. The third-order valence-corrected chi connectivity index (χ3v) is 4.42. The van der Waals surface area contributed by atoms with Gasteiger partial charge < -0.3 is 9.63 Å². The molecule has 1 aromatic rings. The Morgan fingerprint density at radius 2 is 2.25 bits per heavy atom. The van der Waals surface area contributed by atoms with Crippen LogP contribution in [0.5, 0.6) is 0 Å². The van der Waals surface area contributed by atoms with Crippen molar-refractivity contribution in [2.24, 2.45) is 5.92 Å². The molecule has 2 N–H and O–H groups in total. The van der Waals surface area contributed by atoms with Crippen molar-refractivity contribution in [2.75, 3.05) is 6.61 Å². The topological polar surface area (TPSA) is 120 Å². The van der Waals surface area contributed by atoms with E-state index in [9.17, 15) is 19.0 Å². The second-order valence-corrected chi connectivity index (χ2v) is 6.18. The maximum Gasteiger partial charge on any atom is 0.472 e. The lowest BCUT2D eigenvalue weighted by atomic mass is 10.0. The van der Waals surface area contributed by atoms with Gasteiger partial charge >= 0.3 is 13.5 Å². The Kier molecular flexibility index (Phi) is 3.19. The van der Waals surface area contributed by atoms with Crippen molar-refractivity contribution in [3.63, 3.8) is 0 Å². The van der Waals surface area contributed by atoms with E-state index >= 15 is 0 Å². The normalized spacial score (nSPS) is 40.5. The minimum absolute atomic E-state index is 0.0859. The molecule has 3 heterocycles. The Bertz CT molecular complexity index is 683. The van der Waals surface area contributed by atoms with Gasteiger partial charge in [0.2, 0.25) is 0 Å². The number of nitrogens with zero attached hydrogens (tertiary/aromatic N) is 1. The largest absolute Gasteiger partial charge is 0.472 e. The summed E-state index contributed by atoms with van der Waals surface area (Å²) in [5, 5.41) is 0. The minimum atomic E-state index is -4.06. The van der Waals surface area contributed by atoms with Crippen molar-refractivity contribution in [2.45, 2.75) is 25.4 Å². The van der Waals surface area contributed by atoms with Gasteiger partial charge in [-0.2, -0.15) is 0 Å². The van der Waals surface area contributed by atoms with Crippen LogP contribution in [0.4, 0.5) is 0 Å². The zero-order valence-electron chi connectivity index (χ0n) is 10.5.